The highest BCUT2D eigenvalue weighted by molar-refractivity contribution is 5.51. The monoisotopic (exact) mass is 292 g/mol. The van der Waals surface area contributed by atoms with Crippen molar-refractivity contribution in [3.8, 4) is 5.75 Å². The van der Waals surface area contributed by atoms with Crippen LogP contribution in [-0.4, -0.2) is 42.4 Å². The summed E-state index contributed by atoms with van der Waals surface area (Å²) in [4.78, 5) is 2.28. The SMILES string of the molecule is CC1CCCCC1N(C)CC(O)COc1ccccc1N. The van der Waals surface area contributed by atoms with Crippen LogP contribution in [0.4, 0.5) is 5.69 Å². The molecule has 0 spiro atoms. The van der Waals surface area contributed by atoms with Gasteiger partial charge in [0.05, 0.1) is 5.69 Å². The molecular formula is C17H28N2O2. The van der Waals surface area contributed by atoms with E-state index in [1.54, 1.807) is 6.07 Å². The summed E-state index contributed by atoms with van der Waals surface area (Å²) in [6.07, 6.45) is 4.67. The highest BCUT2D eigenvalue weighted by atomic mass is 16.5. The maximum atomic E-state index is 10.2. The molecule has 2 rings (SSSR count). The number of para-hydroxylation sites is 2. The van der Waals surface area contributed by atoms with Gasteiger partial charge in [0.2, 0.25) is 0 Å². The molecule has 1 aliphatic rings. The Morgan fingerprint density at radius 3 is 2.76 bits per heavy atom. The second kappa shape index (κ2) is 7.66. The Labute approximate surface area is 127 Å². The Kier molecular flexibility index (Phi) is 5.88. The van der Waals surface area contributed by atoms with Gasteiger partial charge in [-0.1, -0.05) is 31.9 Å². The van der Waals surface area contributed by atoms with E-state index >= 15 is 0 Å². The third-order valence-corrected chi connectivity index (χ3v) is 4.48. The number of hydrogen-bond acceptors (Lipinski definition) is 4. The van der Waals surface area contributed by atoms with Crippen LogP contribution >= 0.6 is 0 Å². The first-order chi connectivity index (χ1) is 10.1. The molecule has 1 aromatic rings. The number of aliphatic hydroxyl groups is 1. The van der Waals surface area contributed by atoms with E-state index in [9.17, 15) is 5.11 Å². The summed E-state index contributed by atoms with van der Waals surface area (Å²) in [7, 11) is 2.10. The lowest BCUT2D eigenvalue weighted by Crippen LogP contribution is -2.44. The molecule has 1 saturated carbocycles. The molecule has 1 aliphatic carbocycles. The van der Waals surface area contributed by atoms with Gasteiger partial charge in [0, 0.05) is 12.6 Å². The molecule has 118 valence electrons. The molecule has 4 nitrogen and oxygen atoms in total. The Bertz CT molecular complexity index is 439. The minimum atomic E-state index is -0.497. The van der Waals surface area contributed by atoms with Crippen molar-refractivity contribution >= 4 is 5.69 Å². The summed E-state index contributed by atoms with van der Waals surface area (Å²) < 4.78 is 5.61. The van der Waals surface area contributed by atoms with Crippen molar-refractivity contribution in [3.05, 3.63) is 24.3 Å². The van der Waals surface area contributed by atoms with Gasteiger partial charge >= 0.3 is 0 Å². The van der Waals surface area contributed by atoms with Gasteiger partial charge < -0.3 is 20.5 Å². The quantitative estimate of drug-likeness (QED) is 0.791. The van der Waals surface area contributed by atoms with Crippen LogP contribution in [0.2, 0.25) is 0 Å². The van der Waals surface area contributed by atoms with Crippen molar-refractivity contribution in [2.45, 2.75) is 44.8 Å². The molecular weight excluding hydrogens is 264 g/mol. The number of nitrogens with two attached hydrogens (primary N) is 1. The molecule has 1 fully saturated rings. The molecule has 0 aliphatic heterocycles. The molecule has 0 saturated heterocycles. The van der Waals surface area contributed by atoms with Crippen LogP contribution in [0.3, 0.4) is 0 Å². The molecule has 21 heavy (non-hydrogen) atoms. The molecule has 0 amide bonds. The maximum absolute atomic E-state index is 10.2. The first-order valence-electron chi connectivity index (χ1n) is 7.93. The van der Waals surface area contributed by atoms with Gasteiger partial charge in [-0.3, -0.25) is 0 Å². The fourth-order valence-electron chi connectivity index (χ4n) is 3.27. The summed E-state index contributed by atoms with van der Waals surface area (Å²) in [5.41, 5.74) is 6.44. The number of likely N-dealkylation sites (N-methyl/N-ethyl adjacent to an activating group) is 1. The predicted molar refractivity (Wildman–Crippen MR) is 86.4 cm³/mol. The van der Waals surface area contributed by atoms with Crippen LogP contribution in [0.1, 0.15) is 32.6 Å². The summed E-state index contributed by atoms with van der Waals surface area (Å²) in [5, 5.41) is 10.2. The van der Waals surface area contributed by atoms with E-state index in [-0.39, 0.29) is 6.61 Å². The van der Waals surface area contributed by atoms with E-state index in [0.29, 0.717) is 29.9 Å². The highest BCUT2D eigenvalue weighted by Crippen LogP contribution is 2.27. The molecule has 1 aromatic carbocycles. The molecule has 0 aromatic heterocycles. The number of anilines is 1. The van der Waals surface area contributed by atoms with Crippen molar-refractivity contribution in [3.63, 3.8) is 0 Å². The molecule has 3 unspecified atom stereocenters. The third-order valence-electron chi connectivity index (χ3n) is 4.48. The lowest BCUT2D eigenvalue weighted by Gasteiger charge is -2.37. The number of nitrogen functional groups attached to an aromatic ring is 1. The van der Waals surface area contributed by atoms with Crippen molar-refractivity contribution in [2.75, 3.05) is 25.9 Å². The highest BCUT2D eigenvalue weighted by Gasteiger charge is 2.26. The van der Waals surface area contributed by atoms with E-state index in [4.69, 9.17) is 10.5 Å². The summed E-state index contributed by atoms with van der Waals surface area (Å²) in [6, 6.07) is 7.97. The van der Waals surface area contributed by atoms with Gasteiger partial charge in [-0.15, -0.1) is 0 Å². The van der Waals surface area contributed by atoms with Gasteiger partial charge in [0.15, 0.2) is 0 Å². The van der Waals surface area contributed by atoms with Crippen LogP contribution < -0.4 is 10.5 Å². The van der Waals surface area contributed by atoms with Gasteiger partial charge in [-0.05, 0) is 37.9 Å². The van der Waals surface area contributed by atoms with Gasteiger partial charge in [-0.25, -0.2) is 0 Å². The Morgan fingerprint density at radius 1 is 1.33 bits per heavy atom. The van der Waals surface area contributed by atoms with Gasteiger partial charge in [-0.2, -0.15) is 0 Å². The summed E-state index contributed by atoms with van der Waals surface area (Å²) in [5.74, 6) is 1.35. The minimum absolute atomic E-state index is 0.277. The Hall–Kier alpha value is -1.26. The van der Waals surface area contributed by atoms with Crippen LogP contribution in [0.5, 0.6) is 5.75 Å². The largest absolute Gasteiger partial charge is 0.489 e. The van der Waals surface area contributed by atoms with E-state index in [1.165, 1.54) is 25.7 Å². The van der Waals surface area contributed by atoms with E-state index in [0.717, 1.165) is 0 Å². The maximum Gasteiger partial charge on any atom is 0.142 e. The number of aliphatic hydroxyl groups excluding tert-OH is 1. The molecule has 3 atom stereocenters. The zero-order valence-electron chi connectivity index (χ0n) is 13.2. The van der Waals surface area contributed by atoms with Gasteiger partial charge in [0.25, 0.3) is 0 Å². The van der Waals surface area contributed by atoms with Crippen LogP contribution in [0, 0.1) is 5.92 Å². The van der Waals surface area contributed by atoms with Crippen molar-refractivity contribution in [1.82, 2.24) is 4.90 Å². The number of ether oxygens (including phenoxy) is 1. The predicted octanol–water partition coefficient (Wildman–Crippen LogP) is 2.52. The molecule has 0 heterocycles. The van der Waals surface area contributed by atoms with Crippen LogP contribution in [-0.2, 0) is 0 Å². The zero-order valence-corrected chi connectivity index (χ0v) is 13.2. The number of hydrogen-bond donors (Lipinski definition) is 2. The Balaban J connectivity index is 1.78. The lowest BCUT2D eigenvalue weighted by atomic mass is 9.85. The zero-order chi connectivity index (χ0) is 15.2. The van der Waals surface area contributed by atoms with E-state index in [2.05, 4.69) is 18.9 Å². The van der Waals surface area contributed by atoms with Crippen molar-refractivity contribution in [1.29, 1.82) is 0 Å². The smallest absolute Gasteiger partial charge is 0.142 e. The lowest BCUT2D eigenvalue weighted by molar-refractivity contribution is 0.0441. The second-order valence-corrected chi connectivity index (χ2v) is 6.27. The fraction of sp³-hybridized carbons (Fsp3) is 0.647. The molecule has 4 heteroatoms. The third kappa shape index (κ3) is 4.61. The number of rotatable bonds is 6. The minimum Gasteiger partial charge on any atom is -0.489 e. The van der Waals surface area contributed by atoms with Crippen LogP contribution in [0.25, 0.3) is 0 Å². The first-order valence-corrected chi connectivity index (χ1v) is 7.93. The Morgan fingerprint density at radius 2 is 2.05 bits per heavy atom. The average Bonchev–Trinajstić information content (AvgIpc) is 2.46. The summed E-state index contributed by atoms with van der Waals surface area (Å²) in [6.45, 7) is 3.23. The van der Waals surface area contributed by atoms with Crippen molar-refractivity contribution in [2.24, 2.45) is 5.92 Å². The summed E-state index contributed by atoms with van der Waals surface area (Å²) >= 11 is 0. The normalized spacial score (nSPS) is 24.0. The van der Waals surface area contributed by atoms with Crippen molar-refractivity contribution < 1.29 is 9.84 Å². The second-order valence-electron chi connectivity index (χ2n) is 6.27. The molecule has 3 N–H and O–H groups in total. The van der Waals surface area contributed by atoms with E-state index in [1.807, 2.05) is 18.2 Å². The van der Waals surface area contributed by atoms with Crippen LogP contribution in [0.15, 0.2) is 24.3 Å². The number of benzene rings is 1. The number of nitrogens with zero attached hydrogens (tertiary/aromatic N) is 1. The topological polar surface area (TPSA) is 58.7 Å². The molecule has 0 radical (unpaired) electrons. The fourth-order valence-corrected chi connectivity index (χ4v) is 3.27. The van der Waals surface area contributed by atoms with Gasteiger partial charge in [0.1, 0.15) is 18.5 Å². The average molecular weight is 292 g/mol. The van der Waals surface area contributed by atoms with E-state index < -0.39 is 6.10 Å². The first kappa shape index (κ1) is 16.1. The molecule has 0 bridgehead atoms. The standard InChI is InChI=1S/C17H28N2O2/c1-13-7-3-5-9-16(13)19(2)11-14(20)12-21-17-10-6-4-8-15(17)18/h4,6,8,10,13-14,16,20H,3,5,7,9,11-12,18H2,1-2H3.